The minimum absolute atomic E-state index is 0.0885. The van der Waals surface area contributed by atoms with Crippen molar-refractivity contribution in [1.82, 2.24) is 0 Å². The van der Waals surface area contributed by atoms with Crippen LogP contribution in [0.5, 0.6) is 0 Å². The van der Waals surface area contributed by atoms with Gasteiger partial charge >= 0.3 is 25.7 Å². The molecular weight excluding hydrogens is 880 g/mol. The van der Waals surface area contributed by atoms with Crippen LogP contribution in [0, 0.1) is 0 Å². The molecule has 392 valence electrons. The van der Waals surface area contributed by atoms with Crippen molar-refractivity contribution in [3.63, 3.8) is 0 Å². The Kier molecular flexibility index (Phi) is 48.0. The van der Waals surface area contributed by atoms with Crippen LogP contribution in [-0.2, 0) is 42.2 Å². The zero-order chi connectivity index (χ0) is 49.9. The zero-order valence-corrected chi connectivity index (χ0v) is 43.9. The first-order valence-electron chi connectivity index (χ1n) is 26.8. The van der Waals surface area contributed by atoms with Crippen LogP contribution in [0.3, 0.4) is 0 Å². The van der Waals surface area contributed by atoms with Gasteiger partial charge in [0, 0.05) is 19.3 Å². The fraction of sp³-hybridized carbons (Fsp3) is 0.732. The third-order valence-corrected chi connectivity index (χ3v) is 12.1. The van der Waals surface area contributed by atoms with Gasteiger partial charge in [-0.1, -0.05) is 196 Å². The van der Waals surface area contributed by atoms with E-state index in [1.54, 1.807) is 0 Å². The molecule has 0 fully saturated rings. The monoisotopic (exact) mass is 977 g/mol. The van der Waals surface area contributed by atoms with Crippen molar-refractivity contribution in [2.45, 2.75) is 238 Å². The molecule has 0 amide bonds. The number of phosphoric acid groups is 1. The lowest BCUT2D eigenvalue weighted by Gasteiger charge is -2.21. The summed E-state index contributed by atoms with van der Waals surface area (Å²) in [7, 11) is -4.76. The average molecular weight is 977 g/mol. The van der Waals surface area contributed by atoms with Crippen LogP contribution in [0.2, 0.25) is 0 Å². The standard InChI is InChI=1S/C56H97O11P/c1-4-7-10-13-16-19-22-24-25-26-27-29-32-35-38-41-44-47-56(60)67-53(49-63-54(58)45-42-39-36-33-30-21-18-15-12-9-6-3)51-65-68(61,62)64-50-52(48-57)66-55(59)46-43-40-37-34-31-28-23-20-17-14-11-8-5-2/h7,10,16,19-20,23-25,27,29,35,38,52-53,57H,4-6,8-9,11-15,17-18,21-22,26,28,30-34,36-37,39-51H2,1-3H3,(H,61,62)/b10-7-,19-16-,23-20-,25-24-,29-27-,38-35-. The van der Waals surface area contributed by atoms with E-state index in [4.69, 9.17) is 23.3 Å². The molecule has 0 aliphatic rings. The maximum atomic E-state index is 12.8. The minimum Gasteiger partial charge on any atom is -0.462 e. The number of hydrogen-bond acceptors (Lipinski definition) is 10. The van der Waals surface area contributed by atoms with Crippen LogP contribution in [0.4, 0.5) is 0 Å². The number of aliphatic hydroxyl groups excluding tert-OH is 1. The first-order chi connectivity index (χ1) is 33.2. The van der Waals surface area contributed by atoms with E-state index in [1.807, 2.05) is 12.2 Å². The molecular formula is C56H97O11P. The molecule has 11 nitrogen and oxygen atoms in total. The van der Waals surface area contributed by atoms with Crippen molar-refractivity contribution in [2.24, 2.45) is 0 Å². The summed E-state index contributed by atoms with van der Waals surface area (Å²) in [5.74, 6) is -1.54. The summed E-state index contributed by atoms with van der Waals surface area (Å²) < 4.78 is 39.3. The van der Waals surface area contributed by atoms with Crippen LogP contribution in [0.25, 0.3) is 0 Å². The largest absolute Gasteiger partial charge is 0.472 e. The van der Waals surface area contributed by atoms with Gasteiger partial charge in [-0.2, -0.15) is 0 Å². The fourth-order valence-corrected chi connectivity index (χ4v) is 7.82. The SMILES string of the molecule is CC/C=C\C/C=C\C/C=C\C/C=C\C/C=C\CCCC(=O)OC(COC(=O)CCCCCCCCCCCCC)COP(=O)(O)OCC(CO)OC(=O)CCCCCCC/C=C\CCCCCC. The third kappa shape index (κ3) is 48.0. The Hall–Kier alpha value is -3.08. The first-order valence-corrected chi connectivity index (χ1v) is 28.3. The second-order valence-electron chi connectivity index (χ2n) is 17.7. The van der Waals surface area contributed by atoms with E-state index in [0.29, 0.717) is 25.7 Å². The number of carbonyl (C=O) groups is 3. The first kappa shape index (κ1) is 64.9. The Labute approximate surface area is 414 Å². The highest BCUT2D eigenvalue weighted by Gasteiger charge is 2.28. The molecule has 3 atom stereocenters. The molecule has 12 heteroatoms. The van der Waals surface area contributed by atoms with Crippen molar-refractivity contribution in [2.75, 3.05) is 26.4 Å². The van der Waals surface area contributed by atoms with Gasteiger partial charge in [0.1, 0.15) is 12.7 Å². The molecule has 2 N–H and O–H groups in total. The summed E-state index contributed by atoms with van der Waals surface area (Å²) in [6.07, 6.45) is 54.5. The Balaban J connectivity index is 4.82. The topological polar surface area (TPSA) is 155 Å². The molecule has 0 saturated heterocycles. The number of hydrogen-bond donors (Lipinski definition) is 2. The minimum atomic E-state index is -4.76. The number of unbranched alkanes of at least 4 members (excludes halogenated alkanes) is 20. The van der Waals surface area contributed by atoms with E-state index in [9.17, 15) is 28.9 Å². The van der Waals surface area contributed by atoms with Crippen molar-refractivity contribution >= 4 is 25.7 Å². The maximum absolute atomic E-state index is 12.8. The quantitative estimate of drug-likeness (QED) is 0.0197. The average Bonchev–Trinajstić information content (AvgIpc) is 3.32. The van der Waals surface area contributed by atoms with E-state index in [0.717, 1.165) is 89.9 Å². The molecule has 0 aromatic carbocycles. The highest BCUT2D eigenvalue weighted by atomic mass is 31.2. The summed E-state index contributed by atoms with van der Waals surface area (Å²) >= 11 is 0. The summed E-state index contributed by atoms with van der Waals surface area (Å²) in [6.45, 7) is 4.42. The van der Waals surface area contributed by atoms with Gasteiger partial charge < -0.3 is 24.2 Å². The second kappa shape index (κ2) is 50.3. The van der Waals surface area contributed by atoms with Crippen LogP contribution in [-0.4, -0.2) is 66.5 Å². The molecule has 68 heavy (non-hydrogen) atoms. The van der Waals surface area contributed by atoms with Crippen LogP contribution in [0.1, 0.15) is 226 Å². The van der Waals surface area contributed by atoms with E-state index < -0.39 is 57.8 Å². The fourth-order valence-electron chi connectivity index (χ4n) is 7.03. The molecule has 0 aromatic rings. The third-order valence-electron chi connectivity index (χ3n) is 11.1. The van der Waals surface area contributed by atoms with Gasteiger partial charge in [0.2, 0.25) is 0 Å². The molecule has 0 aliphatic heterocycles. The van der Waals surface area contributed by atoms with Gasteiger partial charge in [0.25, 0.3) is 0 Å². The Morgan fingerprint density at radius 2 is 0.779 bits per heavy atom. The summed E-state index contributed by atoms with van der Waals surface area (Å²) in [4.78, 5) is 48.3. The van der Waals surface area contributed by atoms with Crippen molar-refractivity contribution in [3.05, 3.63) is 72.9 Å². The van der Waals surface area contributed by atoms with E-state index >= 15 is 0 Å². The van der Waals surface area contributed by atoms with Gasteiger partial charge in [-0.25, -0.2) is 4.57 Å². The van der Waals surface area contributed by atoms with Crippen molar-refractivity contribution in [3.8, 4) is 0 Å². The normalized spacial score (nSPS) is 14.0. The Morgan fingerprint density at radius 3 is 1.26 bits per heavy atom. The predicted octanol–water partition coefficient (Wildman–Crippen LogP) is 15.4. The highest BCUT2D eigenvalue weighted by Crippen LogP contribution is 2.43. The predicted molar refractivity (Wildman–Crippen MR) is 279 cm³/mol. The van der Waals surface area contributed by atoms with Crippen molar-refractivity contribution < 1.29 is 52.2 Å². The van der Waals surface area contributed by atoms with E-state index in [-0.39, 0.29) is 25.9 Å². The molecule has 0 heterocycles. The number of rotatable bonds is 49. The number of carbonyl (C=O) groups excluding carboxylic acids is 3. The van der Waals surface area contributed by atoms with E-state index in [2.05, 4.69) is 81.5 Å². The molecule has 0 bridgehead atoms. The van der Waals surface area contributed by atoms with Crippen molar-refractivity contribution in [1.29, 1.82) is 0 Å². The molecule has 0 saturated carbocycles. The van der Waals surface area contributed by atoms with Crippen LogP contribution >= 0.6 is 7.82 Å². The number of esters is 3. The molecule has 0 aliphatic carbocycles. The van der Waals surface area contributed by atoms with Gasteiger partial charge in [0.05, 0.1) is 19.8 Å². The maximum Gasteiger partial charge on any atom is 0.472 e. The molecule has 0 aromatic heterocycles. The smallest absolute Gasteiger partial charge is 0.462 e. The van der Waals surface area contributed by atoms with Crippen LogP contribution in [0.15, 0.2) is 72.9 Å². The van der Waals surface area contributed by atoms with Gasteiger partial charge in [-0.3, -0.25) is 23.4 Å². The zero-order valence-electron chi connectivity index (χ0n) is 43.1. The molecule has 0 spiro atoms. The lowest BCUT2D eigenvalue weighted by Crippen LogP contribution is -2.30. The van der Waals surface area contributed by atoms with Gasteiger partial charge in [0.15, 0.2) is 6.10 Å². The lowest BCUT2D eigenvalue weighted by molar-refractivity contribution is -0.161. The number of phosphoric ester groups is 1. The summed E-state index contributed by atoms with van der Waals surface area (Å²) in [5.41, 5.74) is 0. The summed E-state index contributed by atoms with van der Waals surface area (Å²) in [5, 5.41) is 9.78. The second-order valence-corrected chi connectivity index (χ2v) is 19.1. The number of ether oxygens (including phenoxy) is 3. The molecule has 0 rings (SSSR count). The number of allylic oxidation sites excluding steroid dienone is 12. The lowest BCUT2D eigenvalue weighted by atomic mass is 10.1. The van der Waals surface area contributed by atoms with E-state index in [1.165, 1.54) is 70.6 Å². The van der Waals surface area contributed by atoms with Crippen LogP contribution < -0.4 is 0 Å². The van der Waals surface area contributed by atoms with Gasteiger partial charge in [-0.15, -0.1) is 0 Å². The highest BCUT2D eigenvalue weighted by molar-refractivity contribution is 7.47. The Bertz CT molecular complexity index is 1420. The number of aliphatic hydroxyl groups is 1. The van der Waals surface area contributed by atoms with Gasteiger partial charge in [-0.05, 0) is 83.5 Å². The molecule has 3 unspecified atom stereocenters. The summed E-state index contributed by atoms with van der Waals surface area (Å²) in [6, 6.07) is 0. The molecule has 0 radical (unpaired) electrons. The Morgan fingerprint density at radius 1 is 0.426 bits per heavy atom.